The van der Waals surface area contributed by atoms with Gasteiger partial charge in [-0.2, -0.15) is 0 Å². The predicted octanol–water partition coefficient (Wildman–Crippen LogP) is 1.37. The molecule has 0 fully saturated rings. The molecule has 1 aromatic carbocycles. The van der Waals surface area contributed by atoms with Crippen LogP contribution in [0.1, 0.15) is 11.7 Å². The molecule has 0 atom stereocenters. The second kappa shape index (κ2) is 2.62. The normalized spacial score (nSPS) is 10.5. The van der Waals surface area contributed by atoms with Crippen molar-refractivity contribution < 1.29 is 9.90 Å². The molecule has 66 valence electrons. The standard InChI is InChI=1S/C10H9NO2/c1-7(12)11-6-10(13)8-4-2-3-5-9(8)11/h2-6,13H,1H3/p-1. The first-order valence-corrected chi connectivity index (χ1v) is 3.98. The number of carbonyl (C=O) groups excluding carboxylic acids is 1. The van der Waals surface area contributed by atoms with E-state index in [9.17, 15) is 9.90 Å². The smallest absolute Gasteiger partial charge is 0.227 e. The van der Waals surface area contributed by atoms with Crippen LogP contribution in [0.5, 0.6) is 5.75 Å². The number of rotatable bonds is 0. The van der Waals surface area contributed by atoms with Crippen LogP contribution in [-0.2, 0) is 0 Å². The summed E-state index contributed by atoms with van der Waals surface area (Å²) in [6.07, 6.45) is 1.33. The van der Waals surface area contributed by atoms with Crippen LogP contribution in [0, 0.1) is 0 Å². The Morgan fingerprint density at radius 2 is 2.08 bits per heavy atom. The van der Waals surface area contributed by atoms with E-state index in [1.165, 1.54) is 17.7 Å². The van der Waals surface area contributed by atoms with E-state index in [0.717, 1.165) is 0 Å². The summed E-state index contributed by atoms with van der Waals surface area (Å²) >= 11 is 0. The third kappa shape index (κ3) is 1.09. The molecule has 3 nitrogen and oxygen atoms in total. The van der Waals surface area contributed by atoms with Crippen molar-refractivity contribution in [2.45, 2.75) is 6.92 Å². The summed E-state index contributed by atoms with van der Waals surface area (Å²) in [6.45, 7) is 1.44. The number of nitrogens with zero attached hydrogens (tertiary/aromatic N) is 1. The Morgan fingerprint density at radius 3 is 2.77 bits per heavy atom. The highest BCUT2D eigenvalue weighted by molar-refractivity contribution is 5.94. The second-order valence-corrected chi connectivity index (χ2v) is 2.90. The first-order valence-electron chi connectivity index (χ1n) is 3.98. The van der Waals surface area contributed by atoms with Crippen LogP contribution in [0.3, 0.4) is 0 Å². The van der Waals surface area contributed by atoms with Gasteiger partial charge in [0.1, 0.15) is 0 Å². The van der Waals surface area contributed by atoms with E-state index in [2.05, 4.69) is 0 Å². The Bertz CT molecular complexity index is 471. The van der Waals surface area contributed by atoms with Crippen LogP contribution in [0.4, 0.5) is 0 Å². The number of hydrogen-bond acceptors (Lipinski definition) is 2. The highest BCUT2D eigenvalue weighted by Crippen LogP contribution is 2.23. The lowest BCUT2D eigenvalue weighted by atomic mass is 10.2. The molecule has 0 N–H and O–H groups in total. The summed E-state index contributed by atoms with van der Waals surface area (Å²) in [5, 5.41) is 11.9. The van der Waals surface area contributed by atoms with Gasteiger partial charge in [-0.1, -0.05) is 23.9 Å². The molecule has 0 amide bonds. The SMILES string of the molecule is CC(=O)n1cc([O-])c2ccccc21. The first kappa shape index (κ1) is 7.86. The molecule has 0 radical (unpaired) electrons. The molecule has 1 heterocycles. The zero-order valence-corrected chi connectivity index (χ0v) is 7.15. The topological polar surface area (TPSA) is 45.1 Å². The summed E-state index contributed by atoms with van der Waals surface area (Å²) in [6, 6.07) is 7.07. The van der Waals surface area contributed by atoms with Gasteiger partial charge in [-0.3, -0.25) is 9.36 Å². The third-order valence-electron chi connectivity index (χ3n) is 2.01. The van der Waals surface area contributed by atoms with Gasteiger partial charge in [0.2, 0.25) is 5.91 Å². The molecule has 0 aliphatic heterocycles. The van der Waals surface area contributed by atoms with Crippen molar-refractivity contribution in [3.63, 3.8) is 0 Å². The Labute approximate surface area is 75.2 Å². The van der Waals surface area contributed by atoms with Crippen LogP contribution in [-0.4, -0.2) is 10.5 Å². The Morgan fingerprint density at radius 1 is 1.38 bits per heavy atom. The molecular formula is C10H8NO2-. The minimum absolute atomic E-state index is 0.106. The van der Waals surface area contributed by atoms with E-state index in [1.807, 2.05) is 0 Å². The van der Waals surface area contributed by atoms with Gasteiger partial charge >= 0.3 is 0 Å². The maximum Gasteiger partial charge on any atom is 0.227 e. The van der Waals surface area contributed by atoms with Crippen molar-refractivity contribution in [3.05, 3.63) is 30.5 Å². The summed E-state index contributed by atoms with van der Waals surface area (Å²) in [4.78, 5) is 11.1. The van der Waals surface area contributed by atoms with Crippen molar-refractivity contribution >= 4 is 16.8 Å². The maximum absolute atomic E-state index is 11.3. The van der Waals surface area contributed by atoms with Crippen molar-refractivity contribution in [2.24, 2.45) is 0 Å². The molecule has 13 heavy (non-hydrogen) atoms. The highest BCUT2D eigenvalue weighted by atomic mass is 16.3. The van der Waals surface area contributed by atoms with Crippen molar-refractivity contribution in [3.8, 4) is 5.75 Å². The monoisotopic (exact) mass is 174 g/mol. The van der Waals surface area contributed by atoms with Gasteiger partial charge in [0.15, 0.2) is 0 Å². The molecule has 2 aromatic rings. The fraction of sp³-hybridized carbons (Fsp3) is 0.100. The van der Waals surface area contributed by atoms with Gasteiger partial charge in [-0.05, 0) is 11.5 Å². The first-order chi connectivity index (χ1) is 6.20. The molecule has 0 bridgehead atoms. The predicted molar refractivity (Wildman–Crippen MR) is 47.7 cm³/mol. The second-order valence-electron chi connectivity index (χ2n) is 2.90. The van der Waals surface area contributed by atoms with E-state index < -0.39 is 0 Å². The lowest BCUT2D eigenvalue weighted by Gasteiger charge is -1.97. The zero-order valence-electron chi connectivity index (χ0n) is 7.15. The molecule has 0 spiro atoms. The minimum Gasteiger partial charge on any atom is -0.871 e. The third-order valence-corrected chi connectivity index (χ3v) is 2.01. The van der Waals surface area contributed by atoms with E-state index in [0.29, 0.717) is 10.9 Å². The number of hydrogen-bond donors (Lipinski definition) is 0. The Hall–Kier alpha value is -1.77. The quantitative estimate of drug-likeness (QED) is 0.605. The fourth-order valence-corrected chi connectivity index (χ4v) is 1.41. The van der Waals surface area contributed by atoms with Gasteiger partial charge in [-0.15, -0.1) is 0 Å². The average Bonchev–Trinajstić information content (AvgIpc) is 2.45. The van der Waals surface area contributed by atoms with Crippen molar-refractivity contribution in [1.29, 1.82) is 0 Å². The van der Waals surface area contributed by atoms with Gasteiger partial charge in [0, 0.05) is 13.1 Å². The average molecular weight is 174 g/mol. The molecular weight excluding hydrogens is 166 g/mol. The molecule has 0 aliphatic rings. The van der Waals surface area contributed by atoms with Gasteiger partial charge in [-0.25, -0.2) is 0 Å². The van der Waals surface area contributed by atoms with E-state index in [1.54, 1.807) is 24.3 Å². The minimum atomic E-state index is -0.140. The van der Waals surface area contributed by atoms with Crippen molar-refractivity contribution in [1.82, 2.24) is 4.57 Å². The Balaban J connectivity index is 2.85. The summed E-state index contributed by atoms with van der Waals surface area (Å²) in [5.41, 5.74) is 0.681. The van der Waals surface area contributed by atoms with Crippen molar-refractivity contribution in [2.75, 3.05) is 0 Å². The highest BCUT2D eigenvalue weighted by Gasteiger charge is 2.03. The largest absolute Gasteiger partial charge is 0.871 e. The Kier molecular flexibility index (Phi) is 1.59. The molecule has 2 rings (SSSR count). The van der Waals surface area contributed by atoms with Gasteiger partial charge in [0.05, 0.1) is 5.52 Å². The van der Waals surface area contributed by atoms with Crippen LogP contribution in [0.15, 0.2) is 30.5 Å². The summed E-state index contributed by atoms with van der Waals surface area (Å²) < 4.78 is 1.37. The zero-order chi connectivity index (χ0) is 9.42. The fourth-order valence-electron chi connectivity index (χ4n) is 1.41. The van der Waals surface area contributed by atoms with E-state index in [4.69, 9.17) is 0 Å². The number of carbonyl (C=O) groups is 1. The lowest BCUT2D eigenvalue weighted by Crippen LogP contribution is -2.02. The van der Waals surface area contributed by atoms with Gasteiger partial charge in [0.25, 0.3) is 0 Å². The van der Waals surface area contributed by atoms with Crippen LogP contribution < -0.4 is 5.11 Å². The lowest BCUT2D eigenvalue weighted by molar-refractivity contribution is -0.265. The van der Waals surface area contributed by atoms with Crippen LogP contribution in [0.25, 0.3) is 10.9 Å². The van der Waals surface area contributed by atoms with Crippen LogP contribution in [0.2, 0.25) is 0 Å². The molecule has 0 aliphatic carbocycles. The van der Waals surface area contributed by atoms with E-state index >= 15 is 0 Å². The number of para-hydroxylation sites is 1. The molecule has 0 saturated heterocycles. The van der Waals surface area contributed by atoms with E-state index in [-0.39, 0.29) is 11.7 Å². The molecule has 3 heteroatoms. The molecule has 0 saturated carbocycles. The maximum atomic E-state index is 11.3. The summed E-state index contributed by atoms with van der Waals surface area (Å²) in [7, 11) is 0. The number of aromatic nitrogens is 1. The molecule has 0 unspecified atom stereocenters. The summed E-state index contributed by atoms with van der Waals surface area (Å²) in [5.74, 6) is -0.246. The molecule has 1 aromatic heterocycles. The van der Waals surface area contributed by atoms with Crippen LogP contribution >= 0.6 is 0 Å². The number of benzene rings is 1. The number of fused-ring (bicyclic) bond motifs is 1. The van der Waals surface area contributed by atoms with Gasteiger partial charge < -0.3 is 5.11 Å².